The largest absolute Gasteiger partial charge is 0.444 e. The normalized spacial score (nSPS) is 24.9. The van der Waals surface area contributed by atoms with E-state index in [1.807, 2.05) is 6.07 Å². The van der Waals surface area contributed by atoms with Crippen LogP contribution in [0.15, 0.2) is 18.5 Å². The first kappa shape index (κ1) is 21.0. The van der Waals surface area contributed by atoms with Gasteiger partial charge in [-0.3, -0.25) is 14.6 Å². The van der Waals surface area contributed by atoms with E-state index in [1.165, 1.54) is 16.2 Å². The van der Waals surface area contributed by atoms with Gasteiger partial charge in [-0.15, -0.1) is 0 Å². The molecule has 2 aliphatic rings. The van der Waals surface area contributed by atoms with Gasteiger partial charge in [-0.05, 0) is 38.8 Å². The number of aromatic nitrogens is 1. The van der Waals surface area contributed by atoms with Crippen molar-refractivity contribution in [1.82, 2.24) is 14.9 Å². The highest BCUT2D eigenvalue weighted by molar-refractivity contribution is 5.80. The van der Waals surface area contributed by atoms with Gasteiger partial charge in [-0.25, -0.2) is 14.2 Å². The third-order valence-electron chi connectivity index (χ3n) is 4.91. The fourth-order valence-electron chi connectivity index (χ4n) is 3.53. The highest BCUT2D eigenvalue weighted by Gasteiger charge is 2.43. The molecule has 2 fully saturated rings. The first-order valence-corrected chi connectivity index (χ1v) is 9.62. The van der Waals surface area contributed by atoms with Crippen LogP contribution in [0.3, 0.4) is 0 Å². The number of carbonyl (C=O) groups is 2. The Labute approximate surface area is 169 Å². The van der Waals surface area contributed by atoms with Crippen molar-refractivity contribution in [3.8, 4) is 6.07 Å². The van der Waals surface area contributed by atoms with Crippen molar-refractivity contribution in [3.63, 3.8) is 0 Å². The van der Waals surface area contributed by atoms with E-state index in [0.29, 0.717) is 24.2 Å². The monoisotopic (exact) mass is 404 g/mol. The van der Waals surface area contributed by atoms with Crippen LogP contribution in [0.2, 0.25) is 0 Å². The second kappa shape index (κ2) is 8.33. The lowest BCUT2D eigenvalue weighted by Crippen LogP contribution is -2.51. The van der Waals surface area contributed by atoms with Crippen molar-refractivity contribution < 1.29 is 23.6 Å². The number of amides is 2. The average molecular weight is 404 g/mol. The topological polar surface area (TPSA) is 95.8 Å². The maximum absolute atomic E-state index is 14.8. The molecule has 2 amide bonds. The number of rotatable bonds is 2. The fraction of sp³-hybridized carbons (Fsp3) is 0.600. The maximum atomic E-state index is 14.8. The average Bonchev–Trinajstić information content (AvgIpc) is 3.16. The molecule has 3 rings (SSSR count). The minimum atomic E-state index is -1.52. The van der Waals surface area contributed by atoms with Crippen molar-refractivity contribution in [3.05, 3.63) is 29.6 Å². The highest BCUT2D eigenvalue weighted by atomic mass is 19.1. The van der Waals surface area contributed by atoms with Gasteiger partial charge in [0.1, 0.15) is 17.8 Å². The SMILES string of the molecule is CC(C)(C)OC(=O)N1CCC(C(=O)N2OCC[C@H]2c2cncc(C#N)c2)C(F)C1. The van der Waals surface area contributed by atoms with E-state index in [4.69, 9.17) is 14.8 Å². The Bertz CT molecular complexity index is 819. The highest BCUT2D eigenvalue weighted by Crippen LogP contribution is 2.34. The predicted octanol–water partition coefficient (Wildman–Crippen LogP) is 2.75. The summed E-state index contributed by atoms with van der Waals surface area (Å²) < 4.78 is 20.1. The van der Waals surface area contributed by atoms with E-state index in [2.05, 4.69) is 4.98 Å². The van der Waals surface area contributed by atoms with Crippen molar-refractivity contribution in [2.24, 2.45) is 5.92 Å². The number of carbonyl (C=O) groups excluding carboxylic acids is 2. The second-order valence-electron chi connectivity index (χ2n) is 8.26. The molecular formula is C20H25FN4O4. The van der Waals surface area contributed by atoms with Crippen molar-refractivity contribution in [1.29, 1.82) is 5.26 Å². The molecule has 156 valence electrons. The second-order valence-corrected chi connectivity index (χ2v) is 8.26. The molecule has 1 aromatic rings. The number of ether oxygens (including phenoxy) is 1. The summed E-state index contributed by atoms with van der Waals surface area (Å²) in [6.07, 6.45) is 1.64. The quantitative estimate of drug-likeness (QED) is 0.752. The van der Waals surface area contributed by atoms with Gasteiger partial charge in [0.05, 0.1) is 30.7 Å². The lowest BCUT2D eigenvalue weighted by molar-refractivity contribution is -0.185. The first-order valence-electron chi connectivity index (χ1n) is 9.62. The van der Waals surface area contributed by atoms with Gasteiger partial charge >= 0.3 is 6.09 Å². The van der Waals surface area contributed by atoms with Crippen LogP contribution < -0.4 is 0 Å². The molecule has 0 aliphatic carbocycles. The van der Waals surface area contributed by atoms with E-state index in [0.717, 1.165) is 0 Å². The standard InChI is InChI=1S/C20H25FN4O4/c1-20(2,3)29-19(27)24-6-4-15(16(21)12-24)18(26)25-17(5-7-28-25)14-8-13(9-22)10-23-11-14/h8,10-11,15-17H,4-7,12H2,1-3H3/t15?,16?,17-/m0/s1. The summed E-state index contributed by atoms with van der Waals surface area (Å²) in [6.45, 7) is 5.59. The number of hydrogen-bond acceptors (Lipinski definition) is 6. The number of nitriles is 1. The van der Waals surface area contributed by atoms with E-state index in [9.17, 15) is 14.0 Å². The van der Waals surface area contributed by atoms with Crippen molar-refractivity contribution >= 4 is 12.0 Å². The number of likely N-dealkylation sites (tertiary alicyclic amines) is 1. The van der Waals surface area contributed by atoms with Gasteiger partial charge in [0.2, 0.25) is 0 Å². The molecular weight excluding hydrogens is 379 g/mol. The Morgan fingerprint density at radius 1 is 1.34 bits per heavy atom. The molecule has 29 heavy (non-hydrogen) atoms. The van der Waals surface area contributed by atoms with E-state index >= 15 is 0 Å². The Hall–Kier alpha value is -2.73. The fourth-order valence-corrected chi connectivity index (χ4v) is 3.53. The van der Waals surface area contributed by atoms with E-state index in [1.54, 1.807) is 33.0 Å². The summed E-state index contributed by atoms with van der Waals surface area (Å²) in [5.74, 6) is -1.35. The molecule has 0 bridgehead atoms. The van der Waals surface area contributed by atoms with Gasteiger partial charge in [0.25, 0.3) is 5.91 Å². The van der Waals surface area contributed by atoms with Crippen LogP contribution in [-0.2, 0) is 14.4 Å². The first-order chi connectivity index (χ1) is 13.7. The minimum Gasteiger partial charge on any atom is -0.444 e. The number of alkyl halides is 1. The molecule has 3 atom stereocenters. The molecule has 0 radical (unpaired) electrons. The number of pyridine rings is 1. The Morgan fingerprint density at radius 3 is 2.76 bits per heavy atom. The summed E-state index contributed by atoms with van der Waals surface area (Å²) in [4.78, 5) is 36.0. The van der Waals surface area contributed by atoms with Gasteiger partial charge in [-0.1, -0.05) is 0 Å². The number of nitrogens with zero attached hydrogens (tertiary/aromatic N) is 4. The molecule has 0 aromatic carbocycles. The van der Waals surface area contributed by atoms with Crippen LogP contribution in [0.25, 0.3) is 0 Å². The van der Waals surface area contributed by atoms with Gasteiger partial charge in [0.15, 0.2) is 0 Å². The molecule has 2 unspecified atom stereocenters. The molecule has 1 aromatic heterocycles. The predicted molar refractivity (Wildman–Crippen MR) is 99.9 cm³/mol. The zero-order valence-electron chi connectivity index (χ0n) is 16.8. The molecule has 8 nitrogen and oxygen atoms in total. The molecule has 0 saturated carbocycles. The lowest BCUT2D eigenvalue weighted by Gasteiger charge is -2.36. The maximum Gasteiger partial charge on any atom is 0.410 e. The summed E-state index contributed by atoms with van der Waals surface area (Å²) >= 11 is 0. The zero-order chi connectivity index (χ0) is 21.2. The number of hydrogen-bond donors (Lipinski definition) is 0. The van der Waals surface area contributed by atoms with E-state index < -0.39 is 35.7 Å². The van der Waals surface area contributed by atoms with Crippen LogP contribution in [0.4, 0.5) is 9.18 Å². The van der Waals surface area contributed by atoms with Gasteiger partial charge in [-0.2, -0.15) is 5.26 Å². The summed E-state index contributed by atoms with van der Waals surface area (Å²) in [5.41, 5.74) is 0.394. The smallest absolute Gasteiger partial charge is 0.410 e. The van der Waals surface area contributed by atoms with Crippen LogP contribution in [0, 0.1) is 17.2 Å². The Morgan fingerprint density at radius 2 is 2.10 bits per heavy atom. The Balaban J connectivity index is 1.67. The van der Waals surface area contributed by atoms with Crippen molar-refractivity contribution in [2.45, 2.75) is 51.4 Å². The molecule has 0 spiro atoms. The Kier molecular flexibility index (Phi) is 6.03. The van der Waals surface area contributed by atoms with E-state index in [-0.39, 0.29) is 19.5 Å². The number of piperidine rings is 1. The summed E-state index contributed by atoms with van der Waals surface area (Å²) in [5, 5.41) is 10.3. The number of hydroxylamine groups is 2. The molecule has 3 heterocycles. The van der Waals surface area contributed by atoms with Crippen LogP contribution in [0.5, 0.6) is 0 Å². The van der Waals surface area contributed by atoms with Gasteiger partial charge < -0.3 is 9.64 Å². The number of halogens is 1. The third kappa shape index (κ3) is 4.82. The molecule has 0 N–H and O–H groups in total. The van der Waals surface area contributed by atoms with Gasteiger partial charge in [0, 0.05) is 25.4 Å². The molecule has 2 saturated heterocycles. The van der Waals surface area contributed by atoms with Crippen molar-refractivity contribution in [2.75, 3.05) is 19.7 Å². The third-order valence-corrected chi connectivity index (χ3v) is 4.91. The summed E-state index contributed by atoms with van der Waals surface area (Å²) in [6, 6.07) is 3.26. The van der Waals surface area contributed by atoms with Crippen LogP contribution in [-0.4, -0.2) is 58.4 Å². The summed E-state index contributed by atoms with van der Waals surface area (Å²) in [7, 11) is 0. The lowest BCUT2D eigenvalue weighted by atomic mass is 9.93. The molecule has 2 aliphatic heterocycles. The minimum absolute atomic E-state index is 0.183. The molecule has 9 heteroatoms. The van der Waals surface area contributed by atoms with Crippen LogP contribution in [0.1, 0.15) is 50.8 Å². The zero-order valence-corrected chi connectivity index (χ0v) is 16.8. The van der Waals surface area contributed by atoms with Crippen LogP contribution >= 0.6 is 0 Å².